The zero-order valence-electron chi connectivity index (χ0n) is 33.5. The van der Waals surface area contributed by atoms with Crippen LogP contribution in [-0.4, -0.2) is 222 Å². The van der Waals surface area contributed by atoms with Gasteiger partial charge in [0.2, 0.25) is 0 Å². The van der Waals surface area contributed by atoms with Crippen molar-refractivity contribution in [2.75, 3.05) is 141 Å². The van der Waals surface area contributed by atoms with Gasteiger partial charge in [-0.15, -0.1) is 0 Å². The minimum absolute atomic E-state index is 0.0286. The first-order valence-electron chi connectivity index (χ1n) is 18.6. The summed E-state index contributed by atoms with van der Waals surface area (Å²) in [5.74, 6) is 0. The van der Waals surface area contributed by atoms with Crippen molar-refractivity contribution >= 4 is 29.1 Å². The van der Waals surface area contributed by atoms with Gasteiger partial charge in [-0.05, 0) is 63.1 Å². The van der Waals surface area contributed by atoms with Gasteiger partial charge in [0.05, 0.1) is 63.1 Å². The molecular formula is C31H65N8O12P3. The number of aliphatic hydroxyl groups is 1. The molecule has 2 N–H and O–H groups in total. The zero-order chi connectivity index (χ0) is 39.8. The quantitative estimate of drug-likeness (QED) is 0.200. The van der Waals surface area contributed by atoms with Crippen LogP contribution < -0.4 is 5.32 Å². The van der Waals surface area contributed by atoms with Crippen molar-refractivity contribution < 1.29 is 56.1 Å². The van der Waals surface area contributed by atoms with Gasteiger partial charge in [0.15, 0.2) is 0 Å². The molecule has 4 saturated heterocycles. The highest BCUT2D eigenvalue weighted by Gasteiger charge is 2.45. The first-order chi connectivity index (χ1) is 25.4. The van der Waals surface area contributed by atoms with Crippen molar-refractivity contribution in [2.24, 2.45) is 0 Å². The Morgan fingerprint density at radius 3 is 1.50 bits per heavy atom. The molecule has 0 bridgehead atoms. The van der Waals surface area contributed by atoms with Crippen LogP contribution in [0.5, 0.6) is 0 Å². The molecule has 0 saturated carbocycles. The average molecular weight is 835 g/mol. The van der Waals surface area contributed by atoms with E-state index < -0.39 is 41.3 Å². The van der Waals surface area contributed by atoms with Gasteiger partial charge in [-0.3, -0.25) is 13.7 Å². The molecule has 1 amide bonds. The monoisotopic (exact) mass is 834 g/mol. The number of aliphatic hydroxyl groups excluding tert-OH is 1. The highest BCUT2D eigenvalue weighted by Crippen LogP contribution is 2.57. The Labute approximate surface area is 321 Å². The topological polar surface area (TPSA) is 188 Å². The van der Waals surface area contributed by atoms with Gasteiger partial charge in [0.25, 0.3) is 0 Å². The number of nitrogens with zero attached hydrogens (tertiary/aromatic N) is 7. The lowest BCUT2D eigenvalue weighted by atomic mass is 10.2. The van der Waals surface area contributed by atoms with Crippen LogP contribution in [0.3, 0.4) is 0 Å². The molecule has 4 fully saturated rings. The number of carbonyl (C=O) groups is 1. The minimum Gasteiger partial charge on any atom is -0.447 e. The fraction of sp³-hybridized carbons (Fsp3) is 0.968. The normalized spacial score (nSPS) is 31.7. The third-order valence-electron chi connectivity index (χ3n) is 9.55. The summed E-state index contributed by atoms with van der Waals surface area (Å²) in [5.41, 5.74) is 0. The van der Waals surface area contributed by atoms with E-state index in [2.05, 4.69) is 5.32 Å². The molecule has 4 aliphatic rings. The molecule has 4 aliphatic heterocycles. The summed E-state index contributed by atoms with van der Waals surface area (Å²) in [6, 6.07) is 0. The van der Waals surface area contributed by atoms with E-state index in [-0.39, 0.29) is 83.6 Å². The summed E-state index contributed by atoms with van der Waals surface area (Å²) in [4.78, 5) is 13.8. The van der Waals surface area contributed by atoms with Crippen LogP contribution in [0, 0.1) is 0 Å². The van der Waals surface area contributed by atoms with E-state index >= 15 is 0 Å². The van der Waals surface area contributed by atoms with Gasteiger partial charge < -0.3 is 47.8 Å². The summed E-state index contributed by atoms with van der Waals surface area (Å²) in [6.45, 7) is 9.15. The van der Waals surface area contributed by atoms with Crippen LogP contribution in [0.1, 0.15) is 20.8 Å². The lowest BCUT2D eigenvalue weighted by Gasteiger charge is -2.44. The smallest absolute Gasteiger partial charge is 0.409 e. The lowest BCUT2D eigenvalue weighted by Crippen LogP contribution is -2.51. The van der Waals surface area contributed by atoms with Crippen molar-refractivity contribution in [3.63, 3.8) is 0 Å². The molecule has 0 aromatic carbocycles. The molecule has 0 aromatic heterocycles. The lowest BCUT2D eigenvalue weighted by molar-refractivity contribution is -0.0883. The zero-order valence-corrected chi connectivity index (χ0v) is 36.2. The number of nitrogens with one attached hydrogen (secondary N) is 1. The summed E-state index contributed by atoms with van der Waals surface area (Å²) >= 11 is 0. The summed E-state index contributed by atoms with van der Waals surface area (Å²) in [5, 5.41) is 12.3. The largest absolute Gasteiger partial charge is 0.447 e. The number of piperazine rings is 1. The Kier molecular flexibility index (Phi) is 17.4. The Bertz CT molecular complexity index is 1350. The van der Waals surface area contributed by atoms with E-state index in [1.54, 1.807) is 70.3 Å². The molecule has 23 heteroatoms. The first-order valence-corrected chi connectivity index (χ1v) is 23.2. The molecule has 316 valence electrons. The molecule has 4 heterocycles. The fourth-order valence-electron chi connectivity index (χ4n) is 6.86. The summed E-state index contributed by atoms with van der Waals surface area (Å²) < 4.78 is 95.3. The van der Waals surface area contributed by atoms with E-state index in [0.29, 0.717) is 32.7 Å². The molecule has 9 unspecified atom stereocenters. The van der Waals surface area contributed by atoms with Crippen molar-refractivity contribution in [1.82, 2.24) is 38.2 Å². The maximum atomic E-state index is 14.7. The molecule has 9 atom stereocenters. The second-order valence-corrected chi connectivity index (χ2v) is 22.6. The van der Waals surface area contributed by atoms with Gasteiger partial charge in [0, 0.05) is 65.4 Å². The standard InChI is InChI=1S/C31H65N8O12P3/c1-25-16-32-17-28(49-25)22-46-53(43,34(6)7)38-18-26(2)51-30(21-38)24-48-54(44,35(8)9)39-19-27(3)50-29(20-39)23-47-52(42,33(4)5)37-12-10-36(11-13-37)31(41)45-15-14-40/h25-30,32,40H,10-24H2,1-9H3. The fourth-order valence-corrected chi connectivity index (χ4v) is 13.0. The molecule has 0 aliphatic carbocycles. The van der Waals surface area contributed by atoms with Gasteiger partial charge in [0.1, 0.15) is 6.61 Å². The van der Waals surface area contributed by atoms with Crippen LogP contribution in [0.2, 0.25) is 0 Å². The Hall–Kier alpha value is -0.600. The first kappa shape index (κ1) is 46.1. The minimum atomic E-state index is -3.64. The van der Waals surface area contributed by atoms with E-state index in [9.17, 15) is 18.5 Å². The van der Waals surface area contributed by atoms with Crippen LogP contribution >= 0.6 is 23.0 Å². The number of amides is 1. The van der Waals surface area contributed by atoms with Gasteiger partial charge in [-0.25, -0.2) is 32.8 Å². The number of carbonyl (C=O) groups excluding carboxylic acids is 1. The second-order valence-electron chi connectivity index (χ2n) is 14.8. The Morgan fingerprint density at radius 1 is 0.648 bits per heavy atom. The molecule has 20 nitrogen and oxygen atoms in total. The highest BCUT2D eigenvalue weighted by atomic mass is 31.2. The molecule has 0 spiro atoms. The highest BCUT2D eigenvalue weighted by molar-refractivity contribution is 7.54. The van der Waals surface area contributed by atoms with Crippen molar-refractivity contribution in [3.05, 3.63) is 0 Å². The van der Waals surface area contributed by atoms with Crippen LogP contribution in [-0.2, 0) is 46.2 Å². The molecule has 4 rings (SSSR count). The van der Waals surface area contributed by atoms with Gasteiger partial charge in [-0.1, -0.05) is 0 Å². The maximum Gasteiger partial charge on any atom is 0.409 e. The molecular weight excluding hydrogens is 769 g/mol. The number of hydrogen-bond acceptors (Lipinski definition) is 13. The number of morpholine rings is 3. The van der Waals surface area contributed by atoms with E-state index in [1.165, 1.54) is 4.90 Å². The Balaban J connectivity index is 1.37. The Morgan fingerprint density at radius 2 is 1.07 bits per heavy atom. The summed E-state index contributed by atoms with van der Waals surface area (Å²) in [6.07, 6.45) is -2.48. The van der Waals surface area contributed by atoms with E-state index in [1.807, 2.05) is 20.8 Å². The van der Waals surface area contributed by atoms with Crippen LogP contribution in [0.4, 0.5) is 4.79 Å². The molecule has 0 radical (unpaired) electrons. The average Bonchev–Trinajstić information content (AvgIpc) is 3.13. The van der Waals surface area contributed by atoms with Crippen LogP contribution in [0.25, 0.3) is 0 Å². The molecule has 0 aromatic rings. The van der Waals surface area contributed by atoms with E-state index in [4.69, 9.17) is 37.6 Å². The second kappa shape index (κ2) is 20.4. The number of ether oxygens (including phenoxy) is 4. The number of hydrogen-bond donors (Lipinski definition) is 2. The summed E-state index contributed by atoms with van der Waals surface area (Å²) in [7, 11) is -0.421. The number of rotatable bonds is 17. The predicted molar refractivity (Wildman–Crippen MR) is 202 cm³/mol. The van der Waals surface area contributed by atoms with Crippen molar-refractivity contribution in [1.29, 1.82) is 0 Å². The third-order valence-corrected chi connectivity index (χ3v) is 17.2. The maximum absolute atomic E-state index is 14.7. The molecule has 54 heavy (non-hydrogen) atoms. The van der Waals surface area contributed by atoms with Gasteiger partial charge in [-0.2, -0.15) is 0 Å². The van der Waals surface area contributed by atoms with Gasteiger partial charge >= 0.3 is 29.1 Å². The third kappa shape index (κ3) is 11.8. The predicted octanol–water partition coefficient (Wildman–Crippen LogP) is 1.35. The van der Waals surface area contributed by atoms with Crippen molar-refractivity contribution in [3.8, 4) is 0 Å². The van der Waals surface area contributed by atoms with Crippen molar-refractivity contribution in [2.45, 2.75) is 57.4 Å². The van der Waals surface area contributed by atoms with E-state index in [0.717, 1.165) is 6.54 Å². The van der Waals surface area contributed by atoms with Crippen LogP contribution in [0.15, 0.2) is 0 Å². The SMILES string of the molecule is CC1CNCC(COP(=O)(N(C)C)N2CC(C)OC(COP(=O)(N(C)C)N3CC(C)OC(COP(=O)(N(C)C)N4CCN(C(=O)OCCO)CC4)C3)C2)O1.